The lowest BCUT2D eigenvalue weighted by Gasteiger charge is -2.13. The molecule has 0 radical (unpaired) electrons. The third kappa shape index (κ3) is 3.15. The summed E-state index contributed by atoms with van der Waals surface area (Å²) in [7, 11) is 1.13. The molecule has 0 saturated carbocycles. The number of amides is 1. The molecule has 1 aromatic rings. The van der Waals surface area contributed by atoms with Crippen molar-refractivity contribution in [2.24, 2.45) is 0 Å². The standard InChI is InChI=1S/C10H12N2O5/c1-17-10(16)6(5-13)12-9(15)8-7(14)3-2-4-11-8/h2-4,6,13-14H,5H2,1H3,(H,12,15). The molecule has 0 aliphatic rings. The van der Waals surface area contributed by atoms with E-state index < -0.39 is 24.5 Å². The predicted octanol–water partition coefficient (Wildman–Crippen LogP) is -0.949. The Bertz CT molecular complexity index is 421. The van der Waals surface area contributed by atoms with Crippen LogP contribution in [0.1, 0.15) is 10.5 Å². The number of aliphatic hydroxyl groups excluding tert-OH is 1. The zero-order valence-electron chi connectivity index (χ0n) is 9.08. The largest absolute Gasteiger partial charge is 0.505 e. The summed E-state index contributed by atoms with van der Waals surface area (Å²) in [5.74, 6) is -1.87. The minimum Gasteiger partial charge on any atom is -0.505 e. The van der Waals surface area contributed by atoms with Gasteiger partial charge in [0.15, 0.2) is 11.7 Å². The quantitative estimate of drug-likeness (QED) is 0.585. The van der Waals surface area contributed by atoms with Crippen molar-refractivity contribution in [3.63, 3.8) is 0 Å². The molecular formula is C10H12N2O5. The number of aromatic nitrogens is 1. The average Bonchev–Trinajstić information content (AvgIpc) is 2.35. The molecule has 0 aromatic carbocycles. The summed E-state index contributed by atoms with van der Waals surface area (Å²) in [5, 5.41) is 20.4. The number of aromatic hydroxyl groups is 1. The zero-order chi connectivity index (χ0) is 12.8. The number of pyridine rings is 1. The third-order valence-corrected chi connectivity index (χ3v) is 1.98. The van der Waals surface area contributed by atoms with Gasteiger partial charge in [-0.05, 0) is 12.1 Å². The summed E-state index contributed by atoms with van der Waals surface area (Å²) in [6, 6.07) is 1.55. The molecule has 0 aliphatic carbocycles. The highest BCUT2D eigenvalue weighted by Gasteiger charge is 2.22. The number of hydrogen-bond donors (Lipinski definition) is 3. The molecule has 0 fully saturated rings. The van der Waals surface area contributed by atoms with Gasteiger partial charge in [0, 0.05) is 6.20 Å². The van der Waals surface area contributed by atoms with E-state index in [1.807, 2.05) is 0 Å². The lowest BCUT2D eigenvalue weighted by Crippen LogP contribution is -2.44. The number of carbonyl (C=O) groups excluding carboxylic acids is 2. The molecule has 7 nitrogen and oxygen atoms in total. The van der Waals surface area contributed by atoms with E-state index in [-0.39, 0.29) is 11.4 Å². The van der Waals surface area contributed by atoms with Crippen molar-refractivity contribution in [3.05, 3.63) is 24.0 Å². The SMILES string of the molecule is COC(=O)C(CO)NC(=O)c1ncccc1O. The Balaban J connectivity index is 2.78. The van der Waals surface area contributed by atoms with E-state index in [1.165, 1.54) is 18.3 Å². The van der Waals surface area contributed by atoms with E-state index in [4.69, 9.17) is 5.11 Å². The minimum absolute atomic E-state index is 0.227. The zero-order valence-corrected chi connectivity index (χ0v) is 9.08. The lowest BCUT2D eigenvalue weighted by molar-refractivity contribution is -0.143. The Morgan fingerprint density at radius 2 is 2.29 bits per heavy atom. The van der Waals surface area contributed by atoms with Gasteiger partial charge in [-0.25, -0.2) is 9.78 Å². The molecule has 3 N–H and O–H groups in total. The molecule has 17 heavy (non-hydrogen) atoms. The van der Waals surface area contributed by atoms with Gasteiger partial charge >= 0.3 is 5.97 Å². The highest BCUT2D eigenvalue weighted by molar-refractivity contribution is 5.97. The first-order chi connectivity index (χ1) is 8.10. The highest BCUT2D eigenvalue weighted by Crippen LogP contribution is 2.12. The molecule has 7 heteroatoms. The van der Waals surface area contributed by atoms with Gasteiger partial charge in [-0.1, -0.05) is 0 Å². The summed E-state index contributed by atoms with van der Waals surface area (Å²) in [6.45, 7) is -0.605. The van der Waals surface area contributed by atoms with Gasteiger partial charge in [0.25, 0.3) is 5.91 Å². The highest BCUT2D eigenvalue weighted by atomic mass is 16.5. The van der Waals surface area contributed by atoms with Gasteiger partial charge in [-0.2, -0.15) is 0 Å². The van der Waals surface area contributed by atoms with Gasteiger partial charge in [0.2, 0.25) is 0 Å². The molecule has 92 valence electrons. The molecule has 0 spiro atoms. The Labute approximate surface area is 97.1 Å². The van der Waals surface area contributed by atoms with Crippen molar-refractivity contribution < 1.29 is 24.5 Å². The second kappa shape index (κ2) is 5.80. The first-order valence-electron chi connectivity index (χ1n) is 4.73. The number of carbonyl (C=O) groups is 2. The molecule has 1 heterocycles. The van der Waals surface area contributed by atoms with Crippen molar-refractivity contribution in [2.75, 3.05) is 13.7 Å². The number of esters is 1. The molecule has 1 atom stereocenters. The Morgan fingerprint density at radius 1 is 1.59 bits per heavy atom. The average molecular weight is 240 g/mol. The number of ether oxygens (including phenoxy) is 1. The van der Waals surface area contributed by atoms with Crippen LogP contribution >= 0.6 is 0 Å². The maximum Gasteiger partial charge on any atom is 0.330 e. The van der Waals surface area contributed by atoms with Crippen LogP contribution < -0.4 is 5.32 Å². The van der Waals surface area contributed by atoms with Crippen molar-refractivity contribution >= 4 is 11.9 Å². The number of methoxy groups -OCH3 is 1. The van der Waals surface area contributed by atoms with Crippen LogP contribution in [0, 0.1) is 0 Å². The molecule has 0 bridgehead atoms. The lowest BCUT2D eigenvalue weighted by atomic mass is 10.2. The van der Waals surface area contributed by atoms with Crippen LogP contribution in [-0.4, -0.2) is 46.8 Å². The molecule has 1 unspecified atom stereocenters. The van der Waals surface area contributed by atoms with Crippen LogP contribution in [-0.2, 0) is 9.53 Å². The van der Waals surface area contributed by atoms with Crippen LogP contribution in [0.2, 0.25) is 0 Å². The van der Waals surface area contributed by atoms with Crippen molar-refractivity contribution in [1.82, 2.24) is 10.3 Å². The topological polar surface area (TPSA) is 109 Å². The maximum atomic E-state index is 11.6. The van der Waals surface area contributed by atoms with Gasteiger partial charge in [0.05, 0.1) is 13.7 Å². The van der Waals surface area contributed by atoms with E-state index in [9.17, 15) is 14.7 Å². The van der Waals surface area contributed by atoms with Crippen molar-refractivity contribution in [3.8, 4) is 5.75 Å². The smallest absolute Gasteiger partial charge is 0.330 e. The van der Waals surface area contributed by atoms with Crippen LogP contribution in [0.25, 0.3) is 0 Å². The fourth-order valence-corrected chi connectivity index (χ4v) is 1.12. The van der Waals surface area contributed by atoms with Gasteiger partial charge in [-0.3, -0.25) is 4.79 Å². The summed E-state index contributed by atoms with van der Waals surface area (Å²) in [4.78, 5) is 26.4. The van der Waals surface area contributed by atoms with Gasteiger partial charge in [0.1, 0.15) is 5.75 Å². The van der Waals surface area contributed by atoms with Gasteiger partial charge < -0.3 is 20.3 Å². The van der Waals surface area contributed by atoms with Crippen molar-refractivity contribution in [1.29, 1.82) is 0 Å². The third-order valence-electron chi connectivity index (χ3n) is 1.98. The van der Waals surface area contributed by atoms with E-state index >= 15 is 0 Å². The Kier molecular flexibility index (Phi) is 4.41. The molecule has 1 rings (SSSR count). The first kappa shape index (κ1) is 12.9. The van der Waals surface area contributed by atoms with E-state index in [0.717, 1.165) is 7.11 Å². The van der Waals surface area contributed by atoms with Gasteiger partial charge in [-0.15, -0.1) is 0 Å². The number of hydrogen-bond acceptors (Lipinski definition) is 6. The van der Waals surface area contributed by atoms with Crippen LogP contribution in [0.3, 0.4) is 0 Å². The number of aliphatic hydroxyl groups is 1. The first-order valence-corrected chi connectivity index (χ1v) is 4.73. The summed E-state index contributed by atoms with van der Waals surface area (Å²) < 4.78 is 4.37. The van der Waals surface area contributed by atoms with E-state index in [1.54, 1.807) is 0 Å². The summed E-state index contributed by atoms with van der Waals surface area (Å²) >= 11 is 0. The maximum absolute atomic E-state index is 11.6. The second-order valence-corrected chi connectivity index (χ2v) is 3.10. The normalized spacial score (nSPS) is 11.6. The summed E-state index contributed by atoms with van der Waals surface area (Å²) in [6.07, 6.45) is 1.32. The molecular weight excluding hydrogens is 228 g/mol. The minimum atomic E-state index is -1.19. The van der Waals surface area contributed by atoms with E-state index in [2.05, 4.69) is 15.0 Å². The second-order valence-electron chi connectivity index (χ2n) is 3.10. The van der Waals surface area contributed by atoms with Crippen molar-refractivity contribution in [2.45, 2.75) is 6.04 Å². The van der Waals surface area contributed by atoms with Crippen LogP contribution in [0.15, 0.2) is 18.3 Å². The number of nitrogens with one attached hydrogen (secondary N) is 1. The fourth-order valence-electron chi connectivity index (χ4n) is 1.12. The molecule has 1 amide bonds. The molecule has 1 aromatic heterocycles. The monoisotopic (exact) mass is 240 g/mol. The molecule has 0 aliphatic heterocycles. The predicted molar refractivity (Wildman–Crippen MR) is 56.3 cm³/mol. The molecule has 0 saturated heterocycles. The Morgan fingerprint density at radius 3 is 2.82 bits per heavy atom. The fraction of sp³-hybridized carbons (Fsp3) is 0.300. The summed E-state index contributed by atoms with van der Waals surface area (Å²) in [5.41, 5.74) is -0.227. The number of nitrogens with zero attached hydrogens (tertiary/aromatic N) is 1. The number of rotatable bonds is 4. The van der Waals surface area contributed by atoms with E-state index in [0.29, 0.717) is 0 Å². The van der Waals surface area contributed by atoms with Crippen LogP contribution in [0.4, 0.5) is 0 Å². The Hall–Kier alpha value is -2.15. The van der Waals surface area contributed by atoms with Crippen LogP contribution in [0.5, 0.6) is 5.75 Å².